The maximum Gasteiger partial charge on any atom is 0.126 e. The van der Waals surface area contributed by atoms with Gasteiger partial charge >= 0.3 is 0 Å². The summed E-state index contributed by atoms with van der Waals surface area (Å²) in [5.74, 6) is 0.0476. The molecule has 0 aliphatic heterocycles. The Balaban J connectivity index is 2.03. The molecule has 1 atom stereocenters. The van der Waals surface area contributed by atoms with Crippen LogP contribution in [0.15, 0.2) is 17.8 Å². The quantitative estimate of drug-likeness (QED) is 0.820. The van der Waals surface area contributed by atoms with Crippen LogP contribution in [0.4, 0.5) is 0 Å². The van der Waals surface area contributed by atoms with Crippen molar-refractivity contribution in [2.45, 2.75) is 20.4 Å². The van der Waals surface area contributed by atoms with Gasteiger partial charge in [0.2, 0.25) is 0 Å². The number of aryl methyl sites for hydroxylation is 1. The molecule has 106 valence electrons. The van der Waals surface area contributed by atoms with Crippen molar-refractivity contribution in [1.29, 1.82) is 5.26 Å². The number of aromatic nitrogens is 3. The molecule has 0 N–H and O–H groups in total. The first kappa shape index (κ1) is 14.7. The van der Waals surface area contributed by atoms with Gasteiger partial charge in [-0.3, -0.25) is 9.58 Å². The molecule has 5 nitrogen and oxygen atoms in total. The SMILES string of the molecule is CCN(Cc1csc(-c2cnn(C)c2)n1)C[C@@H](C)C#N. The second kappa shape index (κ2) is 6.64. The molecule has 0 unspecified atom stereocenters. The van der Waals surface area contributed by atoms with Crippen LogP contribution < -0.4 is 0 Å². The fourth-order valence-electron chi connectivity index (χ4n) is 2.01. The highest BCUT2D eigenvalue weighted by atomic mass is 32.1. The van der Waals surface area contributed by atoms with E-state index in [2.05, 4.69) is 33.4 Å². The fraction of sp³-hybridized carbons (Fsp3) is 0.500. The van der Waals surface area contributed by atoms with E-state index in [-0.39, 0.29) is 5.92 Å². The molecule has 0 radical (unpaired) electrons. The van der Waals surface area contributed by atoms with Crippen molar-refractivity contribution in [1.82, 2.24) is 19.7 Å². The van der Waals surface area contributed by atoms with E-state index in [1.165, 1.54) is 0 Å². The minimum atomic E-state index is 0.0476. The summed E-state index contributed by atoms with van der Waals surface area (Å²) in [7, 11) is 1.90. The predicted molar refractivity (Wildman–Crippen MR) is 80.0 cm³/mol. The number of hydrogen-bond acceptors (Lipinski definition) is 5. The molecule has 0 saturated heterocycles. The van der Waals surface area contributed by atoms with E-state index in [0.717, 1.165) is 35.9 Å². The van der Waals surface area contributed by atoms with Crippen LogP contribution in [0, 0.1) is 17.2 Å². The Morgan fingerprint density at radius 3 is 2.95 bits per heavy atom. The van der Waals surface area contributed by atoms with Crippen molar-refractivity contribution in [3.63, 3.8) is 0 Å². The van der Waals surface area contributed by atoms with Gasteiger partial charge in [0.25, 0.3) is 0 Å². The predicted octanol–water partition coefficient (Wildman–Crippen LogP) is 2.53. The van der Waals surface area contributed by atoms with Gasteiger partial charge in [-0.1, -0.05) is 6.92 Å². The molecule has 2 aromatic heterocycles. The molecule has 0 aliphatic rings. The molecule has 0 aromatic carbocycles. The largest absolute Gasteiger partial charge is 0.296 e. The maximum absolute atomic E-state index is 8.90. The van der Waals surface area contributed by atoms with E-state index in [9.17, 15) is 0 Å². The summed E-state index contributed by atoms with van der Waals surface area (Å²) in [6.07, 6.45) is 3.80. The summed E-state index contributed by atoms with van der Waals surface area (Å²) in [6, 6.07) is 2.28. The Bertz CT molecular complexity index is 595. The number of rotatable bonds is 6. The van der Waals surface area contributed by atoms with Gasteiger partial charge in [0.15, 0.2) is 0 Å². The van der Waals surface area contributed by atoms with Gasteiger partial charge in [-0.2, -0.15) is 10.4 Å². The van der Waals surface area contributed by atoms with Gasteiger partial charge in [-0.15, -0.1) is 11.3 Å². The van der Waals surface area contributed by atoms with Crippen LogP contribution in [0.25, 0.3) is 10.6 Å². The molecule has 2 heterocycles. The van der Waals surface area contributed by atoms with Crippen LogP contribution in [0.3, 0.4) is 0 Å². The summed E-state index contributed by atoms with van der Waals surface area (Å²) < 4.78 is 1.78. The second-order valence-corrected chi connectivity index (χ2v) is 5.76. The second-order valence-electron chi connectivity index (χ2n) is 4.90. The Kier molecular flexibility index (Phi) is 4.88. The van der Waals surface area contributed by atoms with Crippen LogP contribution in [-0.2, 0) is 13.6 Å². The highest BCUT2D eigenvalue weighted by molar-refractivity contribution is 7.13. The number of nitriles is 1. The first-order valence-electron chi connectivity index (χ1n) is 6.67. The molecule has 0 spiro atoms. The van der Waals surface area contributed by atoms with Gasteiger partial charge in [0.05, 0.1) is 23.9 Å². The van der Waals surface area contributed by atoms with Gasteiger partial charge in [0.1, 0.15) is 5.01 Å². The molecule has 6 heteroatoms. The lowest BCUT2D eigenvalue weighted by atomic mass is 10.2. The molecule has 0 bridgehead atoms. The zero-order valence-corrected chi connectivity index (χ0v) is 12.9. The zero-order valence-electron chi connectivity index (χ0n) is 12.1. The summed E-state index contributed by atoms with van der Waals surface area (Å²) in [6.45, 7) is 6.56. The monoisotopic (exact) mass is 289 g/mol. The number of thiazole rings is 1. The van der Waals surface area contributed by atoms with Gasteiger partial charge < -0.3 is 0 Å². The molecule has 2 aromatic rings. The molecule has 0 aliphatic carbocycles. The van der Waals surface area contributed by atoms with Crippen molar-refractivity contribution in [2.24, 2.45) is 13.0 Å². The molecular weight excluding hydrogens is 270 g/mol. The molecule has 0 amide bonds. The van der Waals surface area contributed by atoms with E-state index < -0.39 is 0 Å². The molecule has 0 fully saturated rings. The minimum Gasteiger partial charge on any atom is -0.296 e. The molecule has 2 rings (SSSR count). The van der Waals surface area contributed by atoms with Crippen LogP contribution in [-0.4, -0.2) is 32.8 Å². The molecule has 20 heavy (non-hydrogen) atoms. The third kappa shape index (κ3) is 3.65. The molecule has 0 saturated carbocycles. The lowest BCUT2D eigenvalue weighted by Gasteiger charge is -2.20. The highest BCUT2D eigenvalue weighted by Crippen LogP contribution is 2.23. The lowest BCUT2D eigenvalue weighted by molar-refractivity contribution is 0.258. The Morgan fingerprint density at radius 2 is 2.35 bits per heavy atom. The van der Waals surface area contributed by atoms with Crippen molar-refractivity contribution in [3.05, 3.63) is 23.5 Å². The Hall–Kier alpha value is -1.71. The minimum absolute atomic E-state index is 0.0476. The first-order valence-corrected chi connectivity index (χ1v) is 7.55. The van der Waals surface area contributed by atoms with E-state index in [1.807, 2.05) is 26.4 Å². The highest BCUT2D eigenvalue weighted by Gasteiger charge is 2.12. The summed E-state index contributed by atoms with van der Waals surface area (Å²) in [4.78, 5) is 6.90. The molecular formula is C14H19N5S. The standard InChI is InChI=1S/C14H19N5S/c1-4-19(7-11(2)5-15)9-13-10-20-14(17-13)12-6-16-18(3)8-12/h6,8,10-11H,4,7,9H2,1-3H3/t11-/m0/s1. The van der Waals surface area contributed by atoms with Crippen molar-refractivity contribution >= 4 is 11.3 Å². The van der Waals surface area contributed by atoms with E-state index >= 15 is 0 Å². The van der Waals surface area contributed by atoms with Crippen LogP contribution in [0.5, 0.6) is 0 Å². The number of nitrogens with zero attached hydrogens (tertiary/aromatic N) is 5. The van der Waals surface area contributed by atoms with E-state index in [1.54, 1.807) is 16.0 Å². The topological polar surface area (TPSA) is 57.7 Å². The van der Waals surface area contributed by atoms with Crippen molar-refractivity contribution in [3.8, 4) is 16.6 Å². The van der Waals surface area contributed by atoms with Gasteiger partial charge in [0, 0.05) is 37.3 Å². The normalized spacial score (nSPS) is 12.6. The van der Waals surface area contributed by atoms with Crippen LogP contribution >= 0.6 is 11.3 Å². The summed E-state index contributed by atoms with van der Waals surface area (Å²) >= 11 is 1.64. The smallest absolute Gasteiger partial charge is 0.126 e. The first-order chi connectivity index (χ1) is 9.62. The number of hydrogen-bond donors (Lipinski definition) is 0. The van der Waals surface area contributed by atoms with Gasteiger partial charge in [-0.25, -0.2) is 4.98 Å². The summed E-state index contributed by atoms with van der Waals surface area (Å²) in [5.41, 5.74) is 2.11. The van der Waals surface area contributed by atoms with Crippen molar-refractivity contribution < 1.29 is 0 Å². The average molecular weight is 289 g/mol. The Labute approximate surface area is 123 Å². The third-order valence-electron chi connectivity index (χ3n) is 3.09. The van der Waals surface area contributed by atoms with E-state index in [0.29, 0.717) is 0 Å². The average Bonchev–Trinajstić information content (AvgIpc) is 3.06. The third-order valence-corrected chi connectivity index (χ3v) is 4.03. The maximum atomic E-state index is 8.90. The lowest BCUT2D eigenvalue weighted by Crippen LogP contribution is -2.27. The van der Waals surface area contributed by atoms with Crippen LogP contribution in [0.2, 0.25) is 0 Å². The van der Waals surface area contributed by atoms with E-state index in [4.69, 9.17) is 5.26 Å². The Morgan fingerprint density at radius 1 is 1.55 bits per heavy atom. The van der Waals surface area contributed by atoms with Crippen molar-refractivity contribution in [2.75, 3.05) is 13.1 Å². The summed E-state index contributed by atoms with van der Waals surface area (Å²) in [5, 5.41) is 16.2. The fourth-order valence-corrected chi connectivity index (χ4v) is 2.79. The van der Waals surface area contributed by atoms with Crippen LogP contribution in [0.1, 0.15) is 19.5 Å². The zero-order chi connectivity index (χ0) is 14.5. The van der Waals surface area contributed by atoms with Gasteiger partial charge in [-0.05, 0) is 13.5 Å².